The molecule has 0 radical (unpaired) electrons. The number of rotatable bonds is 5. The minimum absolute atomic E-state index is 0.693. The van der Waals surface area contributed by atoms with Gasteiger partial charge in [-0.3, -0.25) is 0 Å². The molecular formula is C15H29BO5Si. The SMILES string of the molecule is CC(C)(O)C(C)(O)C[Si](C)(C)Cc1ccccc1.OB(O)O. The molecule has 126 valence electrons. The molecule has 7 heteroatoms. The van der Waals surface area contributed by atoms with Gasteiger partial charge in [0.1, 0.15) is 0 Å². The largest absolute Gasteiger partial charge is 0.631 e. The van der Waals surface area contributed by atoms with Gasteiger partial charge in [0.05, 0.1) is 19.3 Å². The van der Waals surface area contributed by atoms with Gasteiger partial charge >= 0.3 is 7.32 Å². The summed E-state index contributed by atoms with van der Waals surface area (Å²) in [5.41, 5.74) is -0.772. The van der Waals surface area contributed by atoms with Gasteiger partial charge in [0.2, 0.25) is 0 Å². The summed E-state index contributed by atoms with van der Waals surface area (Å²) in [6.07, 6.45) is 0. The second-order valence-corrected chi connectivity index (χ2v) is 12.2. The minimum Gasteiger partial charge on any atom is -0.402 e. The van der Waals surface area contributed by atoms with E-state index in [1.54, 1.807) is 20.8 Å². The van der Waals surface area contributed by atoms with E-state index in [1.165, 1.54) is 5.56 Å². The van der Waals surface area contributed by atoms with Crippen LogP contribution in [0.2, 0.25) is 19.1 Å². The van der Waals surface area contributed by atoms with Crippen LogP contribution in [-0.4, -0.2) is 51.9 Å². The first-order chi connectivity index (χ1) is 9.77. The summed E-state index contributed by atoms with van der Waals surface area (Å²) in [5, 5.41) is 42.0. The van der Waals surface area contributed by atoms with Crippen molar-refractivity contribution in [2.45, 2.75) is 57.2 Å². The summed E-state index contributed by atoms with van der Waals surface area (Å²) in [6.45, 7) is 9.63. The van der Waals surface area contributed by atoms with E-state index in [0.717, 1.165) is 6.04 Å². The third-order valence-corrected chi connectivity index (χ3v) is 6.68. The van der Waals surface area contributed by atoms with Gasteiger partial charge in [-0.1, -0.05) is 49.0 Å². The van der Waals surface area contributed by atoms with Crippen molar-refractivity contribution in [3.05, 3.63) is 35.9 Å². The second kappa shape index (κ2) is 8.24. The highest BCUT2D eigenvalue weighted by Gasteiger charge is 2.42. The standard InChI is InChI=1S/C15H26O2Si.BH3O3/c1-14(2,16)15(3,17)12-18(4,5)11-13-9-7-6-8-10-13;2-1(3)4/h6-10,16-17H,11-12H2,1-5H3;2-4H. The van der Waals surface area contributed by atoms with Crippen molar-refractivity contribution in [2.75, 3.05) is 0 Å². The van der Waals surface area contributed by atoms with Crippen molar-refractivity contribution < 1.29 is 25.3 Å². The van der Waals surface area contributed by atoms with Crippen LogP contribution >= 0.6 is 0 Å². The van der Waals surface area contributed by atoms with E-state index in [0.29, 0.717) is 6.04 Å². The average Bonchev–Trinajstić information content (AvgIpc) is 2.25. The van der Waals surface area contributed by atoms with E-state index >= 15 is 0 Å². The first kappa shape index (κ1) is 21.3. The molecule has 1 unspecified atom stereocenters. The molecule has 0 aliphatic carbocycles. The molecule has 0 aliphatic heterocycles. The van der Waals surface area contributed by atoms with Gasteiger partial charge in [-0.25, -0.2) is 0 Å². The van der Waals surface area contributed by atoms with E-state index in [4.69, 9.17) is 15.1 Å². The van der Waals surface area contributed by atoms with Gasteiger partial charge in [-0.15, -0.1) is 0 Å². The molecule has 0 bridgehead atoms. The van der Waals surface area contributed by atoms with Crippen molar-refractivity contribution in [3.63, 3.8) is 0 Å². The molecule has 1 atom stereocenters. The molecular weight excluding hydrogens is 299 g/mol. The Bertz CT molecular complexity index is 427. The zero-order chi connectivity index (χ0) is 17.6. The first-order valence-electron chi connectivity index (χ1n) is 7.30. The van der Waals surface area contributed by atoms with Crippen LogP contribution < -0.4 is 0 Å². The van der Waals surface area contributed by atoms with Crippen LogP contribution in [0.25, 0.3) is 0 Å². The van der Waals surface area contributed by atoms with Crippen LogP contribution in [-0.2, 0) is 6.04 Å². The predicted octanol–water partition coefficient (Wildman–Crippen LogP) is 0.947. The molecule has 0 amide bonds. The highest BCUT2D eigenvalue weighted by Crippen LogP contribution is 2.32. The lowest BCUT2D eigenvalue weighted by atomic mass is 9.90. The molecule has 5 nitrogen and oxygen atoms in total. The van der Waals surface area contributed by atoms with Crippen LogP contribution in [0, 0.1) is 0 Å². The van der Waals surface area contributed by atoms with Gasteiger partial charge < -0.3 is 25.3 Å². The van der Waals surface area contributed by atoms with Crippen LogP contribution in [0.4, 0.5) is 0 Å². The number of aliphatic hydroxyl groups is 2. The molecule has 0 saturated carbocycles. The van der Waals surface area contributed by atoms with Crippen LogP contribution in [0.3, 0.4) is 0 Å². The van der Waals surface area contributed by atoms with Crippen molar-refractivity contribution in [1.29, 1.82) is 0 Å². The zero-order valence-corrected chi connectivity index (χ0v) is 15.1. The molecule has 0 aromatic heterocycles. The maximum atomic E-state index is 10.4. The summed E-state index contributed by atoms with van der Waals surface area (Å²) < 4.78 is 0. The summed E-state index contributed by atoms with van der Waals surface area (Å²) in [7, 11) is -3.77. The molecule has 22 heavy (non-hydrogen) atoms. The fourth-order valence-corrected chi connectivity index (χ4v) is 6.12. The van der Waals surface area contributed by atoms with Crippen LogP contribution in [0.1, 0.15) is 26.3 Å². The highest BCUT2D eigenvalue weighted by atomic mass is 28.3. The van der Waals surface area contributed by atoms with E-state index in [2.05, 4.69) is 25.2 Å². The van der Waals surface area contributed by atoms with Crippen molar-refractivity contribution in [1.82, 2.24) is 0 Å². The molecule has 0 saturated heterocycles. The highest BCUT2D eigenvalue weighted by molar-refractivity contribution is 6.77. The Balaban J connectivity index is 0.000000980. The predicted molar refractivity (Wildman–Crippen MR) is 91.8 cm³/mol. The van der Waals surface area contributed by atoms with Crippen molar-refractivity contribution in [2.24, 2.45) is 0 Å². The van der Waals surface area contributed by atoms with Gasteiger partial charge in [0, 0.05) is 0 Å². The van der Waals surface area contributed by atoms with Crippen molar-refractivity contribution >= 4 is 15.4 Å². The maximum absolute atomic E-state index is 10.4. The quantitative estimate of drug-likeness (QED) is 0.518. The number of hydrogen-bond acceptors (Lipinski definition) is 5. The second-order valence-electron chi connectivity index (χ2n) is 7.18. The Hall–Kier alpha value is -0.698. The van der Waals surface area contributed by atoms with E-state index in [9.17, 15) is 10.2 Å². The normalized spacial score (nSPS) is 14.6. The summed E-state index contributed by atoms with van der Waals surface area (Å²) in [5.74, 6) is 0. The van der Waals surface area contributed by atoms with Gasteiger partial charge in [-0.2, -0.15) is 0 Å². The number of hydrogen-bond donors (Lipinski definition) is 5. The topological polar surface area (TPSA) is 101 Å². The Labute approximate surface area is 134 Å². The Morgan fingerprint density at radius 3 is 1.73 bits per heavy atom. The Morgan fingerprint density at radius 1 is 0.955 bits per heavy atom. The Morgan fingerprint density at radius 2 is 1.36 bits per heavy atom. The van der Waals surface area contributed by atoms with Gasteiger partial charge in [0.15, 0.2) is 0 Å². The molecule has 0 fully saturated rings. The maximum Gasteiger partial charge on any atom is 0.631 e. The fraction of sp³-hybridized carbons (Fsp3) is 0.600. The number of benzene rings is 1. The third-order valence-electron chi connectivity index (χ3n) is 3.67. The summed E-state index contributed by atoms with van der Waals surface area (Å²) in [6, 6.07) is 12.1. The molecule has 1 rings (SSSR count). The molecule has 0 spiro atoms. The summed E-state index contributed by atoms with van der Waals surface area (Å²) in [4.78, 5) is 0. The molecule has 1 aromatic carbocycles. The van der Waals surface area contributed by atoms with E-state index < -0.39 is 26.6 Å². The van der Waals surface area contributed by atoms with Gasteiger partial charge in [-0.05, 0) is 32.9 Å². The lowest BCUT2D eigenvalue weighted by Gasteiger charge is -2.40. The average molecular weight is 328 g/mol. The molecule has 1 aromatic rings. The first-order valence-corrected chi connectivity index (χ1v) is 10.7. The summed E-state index contributed by atoms with van der Waals surface area (Å²) >= 11 is 0. The van der Waals surface area contributed by atoms with Crippen LogP contribution in [0.15, 0.2) is 30.3 Å². The molecule has 0 aliphatic rings. The van der Waals surface area contributed by atoms with Crippen molar-refractivity contribution in [3.8, 4) is 0 Å². The van der Waals surface area contributed by atoms with E-state index in [1.807, 2.05) is 18.2 Å². The third kappa shape index (κ3) is 8.67. The van der Waals surface area contributed by atoms with E-state index in [-0.39, 0.29) is 0 Å². The fourth-order valence-electron chi connectivity index (χ4n) is 2.36. The molecule has 5 N–H and O–H groups in total. The molecule has 0 heterocycles. The lowest BCUT2D eigenvalue weighted by Crippen LogP contribution is -2.52. The van der Waals surface area contributed by atoms with Gasteiger partial charge in [0.25, 0.3) is 0 Å². The Kier molecular flexibility index (Phi) is 7.98. The minimum atomic E-state index is -2.17. The monoisotopic (exact) mass is 328 g/mol. The smallest absolute Gasteiger partial charge is 0.402 e. The van der Waals surface area contributed by atoms with Crippen LogP contribution in [0.5, 0.6) is 0 Å². The zero-order valence-electron chi connectivity index (χ0n) is 14.1. The lowest BCUT2D eigenvalue weighted by molar-refractivity contribution is -0.108.